The molecule has 1 aliphatic carbocycles. The zero-order chi connectivity index (χ0) is 17.1. The summed E-state index contributed by atoms with van der Waals surface area (Å²) in [4.78, 5) is 12.5. The van der Waals surface area contributed by atoms with Gasteiger partial charge >= 0.3 is 6.61 Å². The number of carbonyl (C=O) groups excluding carboxylic acids is 1. The van der Waals surface area contributed by atoms with Crippen LogP contribution in [0.5, 0.6) is 5.75 Å². The lowest BCUT2D eigenvalue weighted by molar-refractivity contribution is -0.123. The van der Waals surface area contributed by atoms with E-state index >= 15 is 0 Å². The smallest absolute Gasteiger partial charge is 0.387 e. The monoisotopic (exact) mass is 374 g/mol. The van der Waals surface area contributed by atoms with Gasteiger partial charge in [-0.05, 0) is 49.8 Å². The molecule has 0 aromatic heterocycles. The number of fused-ring (bicyclic) bond motifs is 1. The summed E-state index contributed by atoms with van der Waals surface area (Å²) < 4.78 is 28.7. The number of rotatable bonds is 5. The molecular weight excluding hydrogens is 350 g/mol. The third kappa shape index (κ3) is 5.05. The van der Waals surface area contributed by atoms with E-state index < -0.39 is 6.61 Å². The molecule has 0 radical (unpaired) electrons. The van der Waals surface area contributed by atoms with Gasteiger partial charge in [-0.2, -0.15) is 8.78 Å². The minimum absolute atomic E-state index is 0. The highest BCUT2D eigenvalue weighted by molar-refractivity contribution is 5.85. The predicted octanol–water partition coefficient (Wildman–Crippen LogP) is 3.81. The van der Waals surface area contributed by atoms with Gasteiger partial charge in [-0.1, -0.05) is 25.0 Å². The maximum Gasteiger partial charge on any atom is 0.387 e. The number of alkyl halides is 2. The quantitative estimate of drug-likeness (QED) is 0.824. The average molecular weight is 375 g/mol. The maximum absolute atomic E-state index is 12.5. The largest absolute Gasteiger partial charge is 0.435 e. The van der Waals surface area contributed by atoms with E-state index in [4.69, 9.17) is 0 Å². The molecule has 2 N–H and O–H groups in total. The van der Waals surface area contributed by atoms with Crippen LogP contribution in [-0.2, 0) is 4.79 Å². The van der Waals surface area contributed by atoms with Gasteiger partial charge in [-0.25, -0.2) is 0 Å². The molecule has 2 fully saturated rings. The van der Waals surface area contributed by atoms with Gasteiger partial charge in [-0.15, -0.1) is 12.4 Å². The molecule has 4 nitrogen and oxygen atoms in total. The number of halogens is 3. The van der Waals surface area contributed by atoms with Crippen molar-refractivity contribution in [2.24, 2.45) is 5.92 Å². The molecule has 0 bridgehead atoms. The number of hydrogen-bond donors (Lipinski definition) is 2. The normalized spacial score (nSPS) is 26.5. The third-order valence-corrected chi connectivity index (χ3v) is 5.14. The van der Waals surface area contributed by atoms with Crippen molar-refractivity contribution in [2.75, 3.05) is 0 Å². The molecule has 1 aromatic rings. The Morgan fingerprint density at radius 3 is 2.56 bits per heavy atom. The predicted molar refractivity (Wildman–Crippen MR) is 94.2 cm³/mol. The molecule has 4 atom stereocenters. The molecule has 0 spiro atoms. The molecule has 4 unspecified atom stereocenters. The van der Waals surface area contributed by atoms with E-state index in [-0.39, 0.29) is 36.1 Å². The van der Waals surface area contributed by atoms with Crippen LogP contribution >= 0.6 is 12.4 Å². The molecule has 1 heterocycles. The summed E-state index contributed by atoms with van der Waals surface area (Å²) in [5.74, 6) is 0.759. The van der Waals surface area contributed by atoms with Gasteiger partial charge in [0, 0.05) is 6.04 Å². The summed E-state index contributed by atoms with van der Waals surface area (Å²) >= 11 is 0. The van der Waals surface area contributed by atoms with Crippen molar-refractivity contribution in [2.45, 2.75) is 63.8 Å². The summed E-state index contributed by atoms with van der Waals surface area (Å²) in [5, 5.41) is 6.48. The van der Waals surface area contributed by atoms with Crippen LogP contribution in [0, 0.1) is 5.92 Å². The lowest BCUT2D eigenvalue weighted by atomic mass is 9.85. The van der Waals surface area contributed by atoms with E-state index in [0.29, 0.717) is 12.0 Å². The SMILES string of the molecule is CC(NC(=O)C1CC2CCCCC2N1)c1ccc(OC(F)F)cc1.Cl. The van der Waals surface area contributed by atoms with Crippen LogP contribution in [0.1, 0.15) is 50.6 Å². The standard InChI is InChI=1S/C18H24F2N2O2.ClH/c1-11(12-6-8-14(9-7-12)24-18(19)20)21-17(23)16-10-13-4-2-3-5-15(13)22-16;/h6-9,11,13,15-16,18,22H,2-5,10H2,1H3,(H,21,23);1H. The van der Waals surface area contributed by atoms with Crippen molar-refractivity contribution < 1.29 is 18.3 Å². The van der Waals surface area contributed by atoms with Gasteiger partial charge in [0.25, 0.3) is 0 Å². The van der Waals surface area contributed by atoms with E-state index in [0.717, 1.165) is 18.4 Å². The number of hydrogen-bond acceptors (Lipinski definition) is 3. The number of carbonyl (C=O) groups is 1. The minimum atomic E-state index is -2.83. The van der Waals surface area contributed by atoms with Crippen molar-refractivity contribution in [1.29, 1.82) is 0 Å². The minimum Gasteiger partial charge on any atom is -0.435 e. The Morgan fingerprint density at radius 2 is 1.92 bits per heavy atom. The molecule has 140 valence electrons. The second kappa shape index (κ2) is 8.81. The van der Waals surface area contributed by atoms with Crippen LogP contribution < -0.4 is 15.4 Å². The van der Waals surface area contributed by atoms with E-state index in [1.165, 1.54) is 31.4 Å². The zero-order valence-electron chi connectivity index (χ0n) is 14.2. The highest BCUT2D eigenvalue weighted by atomic mass is 35.5. The fourth-order valence-corrected chi connectivity index (χ4v) is 3.86. The first-order valence-corrected chi connectivity index (χ1v) is 8.64. The molecule has 1 aliphatic heterocycles. The van der Waals surface area contributed by atoms with Crippen molar-refractivity contribution in [1.82, 2.24) is 10.6 Å². The third-order valence-electron chi connectivity index (χ3n) is 5.14. The lowest BCUT2D eigenvalue weighted by Gasteiger charge is -2.24. The Hall–Kier alpha value is -1.40. The number of benzene rings is 1. The van der Waals surface area contributed by atoms with E-state index in [9.17, 15) is 13.6 Å². The molecule has 1 saturated carbocycles. The summed E-state index contributed by atoms with van der Waals surface area (Å²) in [7, 11) is 0. The number of amides is 1. The first kappa shape index (κ1) is 19.9. The number of nitrogens with one attached hydrogen (secondary N) is 2. The fourth-order valence-electron chi connectivity index (χ4n) is 3.86. The van der Waals surface area contributed by atoms with Crippen molar-refractivity contribution in [3.05, 3.63) is 29.8 Å². The van der Waals surface area contributed by atoms with Crippen LogP contribution in [0.4, 0.5) is 8.78 Å². The molecule has 1 amide bonds. The molecule has 1 aromatic carbocycles. The second-order valence-electron chi connectivity index (χ2n) is 6.78. The van der Waals surface area contributed by atoms with Crippen LogP contribution in [0.15, 0.2) is 24.3 Å². The highest BCUT2D eigenvalue weighted by Crippen LogP contribution is 2.33. The Kier molecular flexibility index (Phi) is 7.02. The number of ether oxygens (including phenoxy) is 1. The molecule has 2 aliphatic rings. The van der Waals surface area contributed by atoms with Gasteiger partial charge in [0.15, 0.2) is 0 Å². The van der Waals surface area contributed by atoms with Crippen LogP contribution in [0.25, 0.3) is 0 Å². The Bertz CT molecular complexity index is 557. The van der Waals surface area contributed by atoms with Crippen LogP contribution in [0.2, 0.25) is 0 Å². The zero-order valence-corrected chi connectivity index (χ0v) is 15.0. The van der Waals surface area contributed by atoms with Crippen molar-refractivity contribution in [3.63, 3.8) is 0 Å². The average Bonchev–Trinajstić information content (AvgIpc) is 2.99. The molecule has 25 heavy (non-hydrogen) atoms. The van der Waals surface area contributed by atoms with Crippen molar-refractivity contribution in [3.8, 4) is 5.75 Å². The topological polar surface area (TPSA) is 50.4 Å². The van der Waals surface area contributed by atoms with E-state index in [1.54, 1.807) is 12.1 Å². The Balaban J connectivity index is 0.00000225. The van der Waals surface area contributed by atoms with E-state index in [2.05, 4.69) is 15.4 Å². The second-order valence-corrected chi connectivity index (χ2v) is 6.78. The molecule has 1 saturated heterocycles. The molecule has 3 rings (SSSR count). The summed E-state index contributed by atoms with van der Waals surface area (Å²) in [5.41, 5.74) is 0.861. The maximum atomic E-state index is 12.5. The van der Waals surface area contributed by atoms with Gasteiger partial charge < -0.3 is 15.4 Å². The summed E-state index contributed by atoms with van der Waals surface area (Å²) in [6.07, 6.45) is 5.79. The Morgan fingerprint density at radius 1 is 1.24 bits per heavy atom. The van der Waals surface area contributed by atoms with Crippen LogP contribution in [-0.4, -0.2) is 24.6 Å². The van der Waals surface area contributed by atoms with E-state index in [1.807, 2.05) is 6.92 Å². The first-order chi connectivity index (χ1) is 11.5. The van der Waals surface area contributed by atoms with Gasteiger partial charge in [-0.3, -0.25) is 4.79 Å². The Labute approximate surface area is 153 Å². The van der Waals surface area contributed by atoms with Gasteiger partial charge in [0.05, 0.1) is 12.1 Å². The summed E-state index contributed by atoms with van der Waals surface area (Å²) in [6.45, 7) is -0.937. The summed E-state index contributed by atoms with van der Waals surface area (Å²) in [6, 6.07) is 6.56. The van der Waals surface area contributed by atoms with Gasteiger partial charge in [0.1, 0.15) is 5.75 Å². The highest BCUT2D eigenvalue weighted by Gasteiger charge is 2.38. The van der Waals surface area contributed by atoms with Crippen molar-refractivity contribution >= 4 is 18.3 Å². The van der Waals surface area contributed by atoms with Gasteiger partial charge in [0.2, 0.25) is 5.91 Å². The lowest BCUT2D eigenvalue weighted by Crippen LogP contribution is -2.43. The molecular formula is C18H25ClF2N2O2. The molecule has 7 heteroatoms. The van der Waals surface area contributed by atoms with Crippen LogP contribution in [0.3, 0.4) is 0 Å². The fraction of sp³-hybridized carbons (Fsp3) is 0.611. The first-order valence-electron chi connectivity index (χ1n) is 8.64.